The van der Waals surface area contributed by atoms with Crippen molar-refractivity contribution in [3.8, 4) is 0 Å². The lowest BCUT2D eigenvalue weighted by Crippen LogP contribution is -2.34. The van der Waals surface area contributed by atoms with Gasteiger partial charge in [0.05, 0.1) is 5.56 Å². The summed E-state index contributed by atoms with van der Waals surface area (Å²) in [5.74, 6) is -0.0622. The van der Waals surface area contributed by atoms with E-state index >= 15 is 0 Å². The number of likely N-dealkylation sites (tertiary alicyclic amines) is 1. The first-order valence-electron chi connectivity index (χ1n) is 7.41. The standard InChI is InChI=1S/C16H20ClNO2/c17-14-9-12(16(19)20)5-6-13(14)10-18-8-7-11-3-1-2-4-15(11)18/h5-6,9,11,15H,1-4,7-8,10H2,(H,19,20). The molecule has 1 aliphatic carbocycles. The molecule has 1 heterocycles. The molecule has 3 nitrogen and oxygen atoms in total. The maximum Gasteiger partial charge on any atom is 0.335 e. The van der Waals surface area contributed by atoms with Crippen LogP contribution in [0.25, 0.3) is 0 Å². The van der Waals surface area contributed by atoms with Crippen LogP contribution in [-0.4, -0.2) is 28.6 Å². The van der Waals surface area contributed by atoms with Gasteiger partial charge in [-0.25, -0.2) is 4.79 Å². The minimum atomic E-state index is -0.924. The van der Waals surface area contributed by atoms with Gasteiger partial charge in [0.2, 0.25) is 0 Å². The Morgan fingerprint density at radius 1 is 1.30 bits per heavy atom. The molecule has 1 aliphatic heterocycles. The summed E-state index contributed by atoms with van der Waals surface area (Å²) in [5, 5.41) is 9.54. The van der Waals surface area contributed by atoms with Gasteiger partial charge in [0.1, 0.15) is 0 Å². The second-order valence-electron chi connectivity index (χ2n) is 5.98. The Bertz CT molecular complexity index is 517. The number of hydrogen-bond acceptors (Lipinski definition) is 2. The van der Waals surface area contributed by atoms with Crippen LogP contribution in [0.1, 0.15) is 48.0 Å². The fourth-order valence-corrected chi connectivity index (χ4v) is 3.97. The van der Waals surface area contributed by atoms with Gasteiger partial charge < -0.3 is 5.11 Å². The number of carboxylic acids is 1. The second kappa shape index (κ2) is 5.74. The van der Waals surface area contributed by atoms with Crippen LogP contribution in [0.15, 0.2) is 18.2 Å². The Kier molecular flexibility index (Phi) is 3.99. The fraction of sp³-hybridized carbons (Fsp3) is 0.562. The zero-order valence-electron chi connectivity index (χ0n) is 11.5. The van der Waals surface area contributed by atoms with E-state index in [2.05, 4.69) is 4.90 Å². The summed E-state index contributed by atoms with van der Waals surface area (Å²) in [7, 11) is 0. The molecule has 1 saturated heterocycles. The number of carbonyl (C=O) groups is 1. The number of hydrogen-bond donors (Lipinski definition) is 1. The summed E-state index contributed by atoms with van der Waals surface area (Å²) < 4.78 is 0. The summed E-state index contributed by atoms with van der Waals surface area (Å²) in [5.41, 5.74) is 1.30. The van der Waals surface area contributed by atoms with Crippen molar-refractivity contribution in [2.75, 3.05) is 6.54 Å². The lowest BCUT2D eigenvalue weighted by atomic mass is 9.85. The van der Waals surface area contributed by atoms with Crippen molar-refractivity contribution in [3.05, 3.63) is 34.3 Å². The quantitative estimate of drug-likeness (QED) is 0.921. The zero-order valence-corrected chi connectivity index (χ0v) is 12.3. The van der Waals surface area contributed by atoms with E-state index in [0.29, 0.717) is 11.1 Å². The average Bonchev–Trinajstić information content (AvgIpc) is 2.84. The Morgan fingerprint density at radius 2 is 2.10 bits per heavy atom. The molecule has 0 spiro atoms. The minimum Gasteiger partial charge on any atom is -0.478 e. The first-order valence-corrected chi connectivity index (χ1v) is 7.78. The normalized spacial score (nSPS) is 26.4. The van der Waals surface area contributed by atoms with E-state index in [0.717, 1.165) is 24.6 Å². The molecule has 0 aromatic heterocycles. The molecule has 1 saturated carbocycles. The minimum absolute atomic E-state index is 0.260. The highest BCUT2D eigenvalue weighted by molar-refractivity contribution is 6.31. The Labute approximate surface area is 124 Å². The predicted octanol–water partition coefficient (Wildman–Crippen LogP) is 3.80. The Balaban J connectivity index is 1.73. The third-order valence-corrected chi connectivity index (χ3v) is 5.15. The molecule has 2 fully saturated rings. The molecule has 2 unspecified atom stereocenters. The number of nitrogens with zero attached hydrogens (tertiary/aromatic N) is 1. The van der Waals surface area contributed by atoms with Crippen LogP contribution < -0.4 is 0 Å². The van der Waals surface area contributed by atoms with E-state index in [9.17, 15) is 4.79 Å². The van der Waals surface area contributed by atoms with Gasteiger partial charge in [0, 0.05) is 17.6 Å². The van der Waals surface area contributed by atoms with Gasteiger partial charge in [-0.1, -0.05) is 30.5 Å². The lowest BCUT2D eigenvalue weighted by molar-refractivity contribution is 0.0697. The van der Waals surface area contributed by atoms with E-state index in [4.69, 9.17) is 16.7 Å². The highest BCUT2D eigenvalue weighted by Crippen LogP contribution is 2.37. The van der Waals surface area contributed by atoms with E-state index < -0.39 is 5.97 Å². The number of carboxylic acid groups (broad SMARTS) is 1. The molecule has 3 rings (SSSR count). The molecule has 1 aromatic rings. The molecule has 20 heavy (non-hydrogen) atoms. The fourth-order valence-electron chi connectivity index (χ4n) is 3.73. The Morgan fingerprint density at radius 3 is 2.85 bits per heavy atom. The molecular formula is C16H20ClNO2. The number of benzene rings is 1. The smallest absolute Gasteiger partial charge is 0.335 e. The van der Waals surface area contributed by atoms with Gasteiger partial charge >= 0.3 is 5.97 Å². The van der Waals surface area contributed by atoms with Gasteiger partial charge in [-0.05, 0) is 49.4 Å². The molecule has 0 radical (unpaired) electrons. The van der Waals surface area contributed by atoms with E-state index in [1.165, 1.54) is 32.1 Å². The topological polar surface area (TPSA) is 40.5 Å². The van der Waals surface area contributed by atoms with Crippen LogP contribution in [0.2, 0.25) is 5.02 Å². The number of halogens is 1. The third kappa shape index (κ3) is 2.70. The van der Waals surface area contributed by atoms with Gasteiger partial charge in [0.25, 0.3) is 0 Å². The molecule has 0 amide bonds. The predicted molar refractivity (Wildman–Crippen MR) is 79.2 cm³/mol. The van der Waals surface area contributed by atoms with Crippen LogP contribution >= 0.6 is 11.6 Å². The van der Waals surface area contributed by atoms with Crippen LogP contribution in [0.3, 0.4) is 0 Å². The summed E-state index contributed by atoms with van der Waals surface area (Å²) >= 11 is 6.24. The van der Waals surface area contributed by atoms with Crippen molar-refractivity contribution in [2.45, 2.75) is 44.7 Å². The van der Waals surface area contributed by atoms with E-state index in [1.54, 1.807) is 12.1 Å². The van der Waals surface area contributed by atoms with Gasteiger partial charge in [-0.15, -0.1) is 0 Å². The van der Waals surface area contributed by atoms with Crippen LogP contribution in [0.4, 0.5) is 0 Å². The van der Waals surface area contributed by atoms with Crippen molar-refractivity contribution in [3.63, 3.8) is 0 Å². The number of aromatic carboxylic acids is 1. The highest BCUT2D eigenvalue weighted by atomic mass is 35.5. The monoisotopic (exact) mass is 293 g/mol. The molecule has 1 N–H and O–H groups in total. The lowest BCUT2D eigenvalue weighted by Gasteiger charge is -2.31. The average molecular weight is 294 g/mol. The molecule has 1 aromatic carbocycles. The summed E-state index contributed by atoms with van der Waals surface area (Å²) in [4.78, 5) is 13.5. The van der Waals surface area contributed by atoms with Gasteiger partial charge in [-0.3, -0.25) is 4.90 Å². The summed E-state index contributed by atoms with van der Waals surface area (Å²) in [6, 6.07) is 5.78. The molecule has 2 aliphatic rings. The van der Waals surface area contributed by atoms with Crippen molar-refractivity contribution in [2.24, 2.45) is 5.92 Å². The van der Waals surface area contributed by atoms with E-state index in [-0.39, 0.29) is 5.56 Å². The first kappa shape index (κ1) is 13.9. The van der Waals surface area contributed by atoms with Crippen molar-refractivity contribution in [1.82, 2.24) is 4.90 Å². The van der Waals surface area contributed by atoms with Crippen LogP contribution in [-0.2, 0) is 6.54 Å². The molecular weight excluding hydrogens is 274 g/mol. The number of rotatable bonds is 3. The molecule has 108 valence electrons. The van der Waals surface area contributed by atoms with Gasteiger partial charge in [0.15, 0.2) is 0 Å². The van der Waals surface area contributed by atoms with Crippen molar-refractivity contribution in [1.29, 1.82) is 0 Å². The third-order valence-electron chi connectivity index (χ3n) is 4.80. The number of fused-ring (bicyclic) bond motifs is 1. The zero-order chi connectivity index (χ0) is 14.1. The maximum absolute atomic E-state index is 10.9. The van der Waals surface area contributed by atoms with Crippen molar-refractivity contribution < 1.29 is 9.90 Å². The summed E-state index contributed by atoms with van der Waals surface area (Å²) in [6.07, 6.45) is 6.68. The molecule has 2 atom stereocenters. The Hall–Kier alpha value is -1.06. The highest BCUT2D eigenvalue weighted by Gasteiger charge is 2.35. The maximum atomic E-state index is 10.9. The SMILES string of the molecule is O=C(O)c1ccc(CN2CCC3CCCCC32)c(Cl)c1. The molecule has 4 heteroatoms. The van der Waals surface area contributed by atoms with Crippen molar-refractivity contribution >= 4 is 17.6 Å². The van der Waals surface area contributed by atoms with Crippen LogP contribution in [0.5, 0.6) is 0 Å². The van der Waals surface area contributed by atoms with E-state index in [1.807, 2.05) is 6.07 Å². The summed E-state index contributed by atoms with van der Waals surface area (Å²) in [6.45, 7) is 1.99. The molecule has 0 bridgehead atoms. The van der Waals surface area contributed by atoms with Gasteiger partial charge in [-0.2, -0.15) is 0 Å². The van der Waals surface area contributed by atoms with Crippen LogP contribution in [0, 0.1) is 5.92 Å². The second-order valence-corrected chi connectivity index (χ2v) is 6.39. The largest absolute Gasteiger partial charge is 0.478 e. The first-order chi connectivity index (χ1) is 9.65.